The molecule has 0 aliphatic rings. The van der Waals surface area contributed by atoms with Crippen LogP contribution in [0.4, 0.5) is 10.2 Å². The second kappa shape index (κ2) is 4.17. The Bertz CT molecular complexity index is 553. The Morgan fingerprint density at radius 3 is 2.41 bits per heavy atom. The zero-order valence-corrected chi connectivity index (χ0v) is 10.2. The Kier molecular flexibility index (Phi) is 2.84. The lowest BCUT2D eigenvalue weighted by molar-refractivity contribution is 0.629. The predicted molar refractivity (Wildman–Crippen MR) is 68.3 cm³/mol. The van der Waals surface area contributed by atoms with Crippen molar-refractivity contribution in [1.82, 2.24) is 4.98 Å². The molecular weight excluding hydrogens is 215 g/mol. The van der Waals surface area contributed by atoms with Crippen molar-refractivity contribution in [3.63, 3.8) is 0 Å². The highest BCUT2D eigenvalue weighted by Crippen LogP contribution is 2.29. The van der Waals surface area contributed by atoms with E-state index < -0.39 is 0 Å². The van der Waals surface area contributed by atoms with Crippen molar-refractivity contribution in [2.75, 3.05) is 5.73 Å². The van der Waals surface area contributed by atoms with E-state index in [1.54, 1.807) is 6.07 Å². The van der Waals surface area contributed by atoms with Crippen LogP contribution in [0.25, 0.3) is 11.1 Å². The minimum absolute atomic E-state index is 0.211. The van der Waals surface area contributed by atoms with E-state index in [0.29, 0.717) is 11.4 Å². The Balaban J connectivity index is 2.68. The van der Waals surface area contributed by atoms with Crippen LogP contribution in [-0.2, 0) is 0 Å². The number of rotatable bonds is 1. The number of aromatic nitrogens is 1. The molecule has 0 bridgehead atoms. The third-order valence-electron chi connectivity index (χ3n) is 2.81. The summed E-state index contributed by atoms with van der Waals surface area (Å²) in [5.74, 6) is 0.244. The normalized spacial score (nSPS) is 10.6. The average Bonchev–Trinajstić information content (AvgIpc) is 2.19. The van der Waals surface area contributed by atoms with Crippen molar-refractivity contribution in [3.8, 4) is 11.1 Å². The second-order valence-corrected chi connectivity index (χ2v) is 4.31. The van der Waals surface area contributed by atoms with Crippen molar-refractivity contribution in [2.45, 2.75) is 20.8 Å². The van der Waals surface area contributed by atoms with Crippen LogP contribution in [0.3, 0.4) is 0 Å². The summed E-state index contributed by atoms with van der Waals surface area (Å²) in [6.45, 7) is 5.62. The fourth-order valence-corrected chi connectivity index (χ4v) is 2.10. The summed E-state index contributed by atoms with van der Waals surface area (Å²) < 4.78 is 14.0. The summed E-state index contributed by atoms with van der Waals surface area (Å²) in [7, 11) is 0. The van der Waals surface area contributed by atoms with Gasteiger partial charge in [-0.3, -0.25) is 0 Å². The zero-order valence-electron chi connectivity index (χ0n) is 10.2. The maximum atomic E-state index is 14.0. The summed E-state index contributed by atoms with van der Waals surface area (Å²) in [4.78, 5) is 4.17. The molecule has 0 atom stereocenters. The summed E-state index contributed by atoms with van der Waals surface area (Å²) in [5.41, 5.74) is 9.59. The molecular formula is C14H15FN2. The van der Waals surface area contributed by atoms with E-state index in [4.69, 9.17) is 5.73 Å². The van der Waals surface area contributed by atoms with Gasteiger partial charge in [0.05, 0.1) is 0 Å². The molecule has 17 heavy (non-hydrogen) atoms. The first-order valence-corrected chi connectivity index (χ1v) is 5.49. The quantitative estimate of drug-likeness (QED) is 0.815. The molecule has 0 radical (unpaired) electrons. The third-order valence-corrected chi connectivity index (χ3v) is 2.81. The lowest BCUT2D eigenvalue weighted by atomic mass is 9.97. The first-order valence-electron chi connectivity index (χ1n) is 5.49. The number of hydrogen-bond donors (Lipinski definition) is 1. The highest BCUT2D eigenvalue weighted by atomic mass is 19.1. The Labute approximate surface area is 100 Å². The molecule has 0 saturated carbocycles. The highest BCUT2D eigenvalue weighted by Gasteiger charge is 2.12. The van der Waals surface area contributed by atoms with E-state index in [-0.39, 0.29) is 5.82 Å². The molecule has 3 heteroatoms. The van der Waals surface area contributed by atoms with Gasteiger partial charge in [0.25, 0.3) is 0 Å². The molecule has 2 rings (SSSR count). The van der Waals surface area contributed by atoms with Gasteiger partial charge in [-0.05, 0) is 50.1 Å². The van der Waals surface area contributed by atoms with Gasteiger partial charge >= 0.3 is 0 Å². The van der Waals surface area contributed by atoms with E-state index in [2.05, 4.69) is 4.98 Å². The van der Waals surface area contributed by atoms with E-state index >= 15 is 0 Å². The van der Waals surface area contributed by atoms with Crippen molar-refractivity contribution in [3.05, 3.63) is 46.9 Å². The topological polar surface area (TPSA) is 38.9 Å². The van der Waals surface area contributed by atoms with Gasteiger partial charge in [0, 0.05) is 16.8 Å². The maximum absolute atomic E-state index is 14.0. The molecule has 0 aliphatic carbocycles. The lowest BCUT2D eigenvalue weighted by Crippen LogP contribution is -1.97. The number of pyridine rings is 1. The molecule has 0 aliphatic heterocycles. The summed E-state index contributed by atoms with van der Waals surface area (Å²) in [6, 6.07) is 7.02. The number of nitrogen functional groups attached to an aromatic ring is 1. The molecule has 2 nitrogen and oxygen atoms in total. The van der Waals surface area contributed by atoms with Crippen LogP contribution in [0, 0.1) is 26.6 Å². The Morgan fingerprint density at radius 2 is 1.82 bits per heavy atom. The fourth-order valence-electron chi connectivity index (χ4n) is 2.10. The van der Waals surface area contributed by atoms with Gasteiger partial charge in [-0.15, -0.1) is 0 Å². The van der Waals surface area contributed by atoms with Gasteiger partial charge in [0.15, 0.2) is 0 Å². The minimum Gasteiger partial charge on any atom is -0.384 e. The predicted octanol–water partition coefficient (Wildman–Crippen LogP) is 3.40. The van der Waals surface area contributed by atoms with E-state index in [9.17, 15) is 4.39 Å². The number of hydrogen-bond acceptors (Lipinski definition) is 2. The van der Waals surface area contributed by atoms with Gasteiger partial charge in [-0.1, -0.05) is 6.07 Å². The monoisotopic (exact) mass is 230 g/mol. The largest absolute Gasteiger partial charge is 0.384 e. The van der Waals surface area contributed by atoms with Crippen molar-refractivity contribution < 1.29 is 4.39 Å². The van der Waals surface area contributed by atoms with Crippen molar-refractivity contribution >= 4 is 5.82 Å². The van der Waals surface area contributed by atoms with E-state index in [0.717, 1.165) is 22.4 Å². The number of nitrogens with two attached hydrogens (primary N) is 1. The summed E-state index contributed by atoms with van der Waals surface area (Å²) in [6.07, 6.45) is 0. The number of benzene rings is 1. The number of halogens is 1. The molecule has 1 heterocycles. The fraction of sp³-hybridized carbons (Fsp3) is 0.214. The molecule has 2 aromatic rings. The molecule has 0 saturated heterocycles. The van der Waals surface area contributed by atoms with Crippen LogP contribution in [-0.4, -0.2) is 4.98 Å². The van der Waals surface area contributed by atoms with Gasteiger partial charge < -0.3 is 5.73 Å². The highest BCUT2D eigenvalue weighted by molar-refractivity contribution is 5.71. The molecule has 2 N–H and O–H groups in total. The van der Waals surface area contributed by atoms with Crippen LogP contribution in [0.5, 0.6) is 0 Å². The summed E-state index contributed by atoms with van der Waals surface area (Å²) >= 11 is 0. The van der Waals surface area contributed by atoms with Crippen LogP contribution in [0.1, 0.15) is 16.8 Å². The molecule has 1 aromatic carbocycles. The molecule has 0 amide bonds. The molecule has 1 aromatic heterocycles. The number of aryl methyl sites for hydroxylation is 3. The average molecular weight is 230 g/mol. The second-order valence-electron chi connectivity index (χ2n) is 4.31. The third kappa shape index (κ3) is 2.13. The first kappa shape index (κ1) is 11.6. The van der Waals surface area contributed by atoms with Crippen molar-refractivity contribution in [2.24, 2.45) is 0 Å². The van der Waals surface area contributed by atoms with E-state index in [1.165, 1.54) is 6.07 Å². The SMILES string of the molecule is Cc1cc(C)c(-c2ccc(N)nc2C)c(F)c1. The Morgan fingerprint density at radius 1 is 1.12 bits per heavy atom. The molecule has 0 unspecified atom stereocenters. The van der Waals surface area contributed by atoms with Gasteiger partial charge in [-0.2, -0.15) is 0 Å². The van der Waals surface area contributed by atoms with Crippen LogP contribution < -0.4 is 5.73 Å². The standard InChI is InChI=1S/C14H15FN2/c1-8-6-9(2)14(12(15)7-8)11-4-5-13(16)17-10(11)3/h4-7H,1-3H3,(H2,16,17). The van der Waals surface area contributed by atoms with Gasteiger partial charge in [-0.25, -0.2) is 9.37 Å². The van der Waals surface area contributed by atoms with Crippen LogP contribution in [0.15, 0.2) is 24.3 Å². The van der Waals surface area contributed by atoms with Crippen molar-refractivity contribution in [1.29, 1.82) is 0 Å². The van der Waals surface area contributed by atoms with Gasteiger partial charge in [0.1, 0.15) is 11.6 Å². The molecule has 0 fully saturated rings. The number of anilines is 1. The molecule has 0 spiro atoms. The Hall–Kier alpha value is -1.90. The lowest BCUT2D eigenvalue weighted by Gasteiger charge is -2.11. The maximum Gasteiger partial charge on any atom is 0.131 e. The molecule has 88 valence electrons. The van der Waals surface area contributed by atoms with Crippen LogP contribution in [0.2, 0.25) is 0 Å². The number of nitrogens with zero attached hydrogens (tertiary/aromatic N) is 1. The first-order chi connectivity index (χ1) is 7.99. The summed E-state index contributed by atoms with van der Waals surface area (Å²) in [5, 5.41) is 0. The van der Waals surface area contributed by atoms with Crippen LogP contribution >= 0.6 is 0 Å². The smallest absolute Gasteiger partial charge is 0.131 e. The van der Waals surface area contributed by atoms with E-state index in [1.807, 2.05) is 32.9 Å². The van der Waals surface area contributed by atoms with Gasteiger partial charge in [0.2, 0.25) is 0 Å². The minimum atomic E-state index is -0.211. The zero-order chi connectivity index (χ0) is 12.6.